The lowest BCUT2D eigenvalue weighted by Gasteiger charge is -2.50. The maximum Gasteiger partial charge on any atom is 0.0518 e. The van der Waals surface area contributed by atoms with Crippen LogP contribution < -0.4 is 14.7 Å². The van der Waals surface area contributed by atoms with E-state index in [9.17, 15) is 0 Å². The Hall–Kier alpha value is -10.2. The number of hydrogen-bond donors (Lipinski definition) is 0. The first-order chi connectivity index (χ1) is 49.3. The van der Waals surface area contributed by atoms with Crippen LogP contribution in [0.1, 0.15) is 135 Å². The lowest BCUT2D eigenvalue weighted by molar-refractivity contribution is 0.195. The zero-order valence-electron chi connectivity index (χ0n) is 59.2. The highest BCUT2D eigenvalue weighted by Gasteiger charge is 2.61. The highest BCUT2D eigenvalue weighted by molar-refractivity contribution is 6.32. The summed E-state index contributed by atoms with van der Waals surface area (Å²) in [7, 11) is 0. The van der Waals surface area contributed by atoms with Gasteiger partial charge in [-0.15, -0.1) is 0 Å². The van der Waals surface area contributed by atoms with Crippen LogP contribution in [-0.2, 0) is 16.2 Å². The number of hydrogen-bond acceptors (Lipinski definition) is 3. The third-order valence-electron chi connectivity index (χ3n) is 28.2. The SMILES string of the molecule is CC12CCCCC1(C)N(c1cccc3ccccc13)c1ccc(-c3cc(-c4ccc5c(c4)C4(C)CCCCC4(C)N5c4cccc5ccccc45)c4ccc5c(-c6cccc7ccccc67)cc(-c6ccc7c(c6)C6(C)CCCCC6(C)N7c6cccc7ccccc67)c6ccc3c4c65)cc12. The zero-order valence-corrected chi connectivity index (χ0v) is 59.2. The van der Waals surface area contributed by atoms with E-state index in [2.05, 4.69) is 317 Å². The molecule has 3 fully saturated rings. The number of fused-ring (bicyclic) bond motifs is 13. The molecule has 3 aliphatic carbocycles. The van der Waals surface area contributed by atoms with Crippen molar-refractivity contribution in [2.45, 2.75) is 151 Å². The van der Waals surface area contributed by atoms with E-state index in [0.29, 0.717) is 0 Å². The van der Waals surface area contributed by atoms with Crippen LogP contribution in [0.4, 0.5) is 34.1 Å². The zero-order chi connectivity index (χ0) is 67.5. The molecule has 0 N–H and O–H groups in total. The van der Waals surface area contributed by atoms with Crippen molar-refractivity contribution in [2.24, 2.45) is 0 Å². The van der Waals surface area contributed by atoms with Gasteiger partial charge in [-0.2, -0.15) is 0 Å². The van der Waals surface area contributed by atoms with Gasteiger partial charge in [0.2, 0.25) is 0 Å². The average molecular weight is 1300 g/mol. The largest absolute Gasteiger partial charge is 0.334 e. The predicted molar refractivity (Wildman–Crippen MR) is 430 cm³/mol. The van der Waals surface area contributed by atoms with Crippen molar-refractivity contribution in [2.75, 3.05) is 14.7 Å². The summed E-state index contributed by atoms with van der Waals surface area (Å²) in [5.74, 6) is 0. The minimum atomic E-state index is -0.120. The van der Waals surface area contributed by atoms with Crippen LogP contribution in [0, 0.1) is 0 Å². The lowest BCUT2D eigenvalue weighted by Crippen LogP contribution is -2.54. The van der Waals surface area contributed by atoms with E-state index in [1.165, 1.54) is 209 Å². The van der Waals surface area contributed by atoms with Crippen LogP contribution in [0.25, 0.3) is 120 Å². The van der Waals surface area contributed by atoms with E-state index in [1.54, 1.807) is 0 Å². The fourth-order valence-electron chi connectivity index (χ4n) is 22.4. The van der Waals surface area contributed by atoms with Gasteiger partial charge in [0.1, 0.15) is 0 Å². The summed E-state index contributed by atoms with van der Waals surface area (Å²) >= 11 is 0. The highest BCUT2D eigenvalue weighted by Crippen LogP contribution is 2.66. The van der Waals surface area contributed by atoms with Crippen LogP contribution in [0.5, 0.6) is 0 Å². The van der Waals surface area contributed by atoms with Crippen molar-refractivity contribution >= 4 is 110 Å². The van der Waals surface area contributed by atoms with Crippen molar-refractivity contribution in [3.8, 4) is 44.5 Å². The molecule has 6 aliphatic rings. The van der Waals surface area contributed by atoms with Gasteiger partial charge in [0.15, 0.2) is 0 Å². The maximum absolute atomic E-state index is 2.79. The lowest BCUT2D eigenvalue weighted by atomic mass is 9.61. The molecule has 3 heteroatoms. The molecule has 3 heterocycles. The Morgan fingerprint density at radius 3 is 0.871 bits per heavy atom. The van der Waals surface area contributed by atoms with E-state index >= 15 is 0 Å². The molecule has 3 nitrogen and oxygen atoms in total. The van der Waals surface area contributed by atoms with Crippen molar-refractivity contribution in [1.29, 1.82) is 0 Å². The third-order valence-corrected chi connectivity index (χ3v) is 28.2. The first-order valence-electron chi connectivity index (χ1n) is 37.9. The van der Waals surface area contributed by atoms with Crippen LogP contribution in [-0.4, -0.2) is 16.6 Å². The highest BCUT2D eigenvalue weighted by atomic mass is 15.3. The van der Waals surface area contributed by atoms with Gasteiger partial charge in [-0.3, -0.25) is 0 Å². The molecule has 492 valence electrons. The molecule has 0 aromatic heterocycles. The van der Waals surface area contributed by atoms with Crippen molar-refractivity contribution in [1.82, 2.24) is 0 Å². The summed E-state index contributed by atoms with van der Waals surface area (Å²) in [5.41, 5.74) is 22.2. The van der Waals surface area contributed by atoms with Gasteiger partial charge in [0, 0.05) is 66.5 Å². The van der Waals surface area contributed by atoms with Gasteiger partial charge < -0.3 is 14.7 Å². The summed E-state index contributed by atoms with van der Waals surface area (Å²) in [4.78, 5) is 8.37. The Kier molecular flexibility index (Phi) is 12.5. The standard InChI is InChI=1S/C98H85N3/c1-93-51-15-18-54-96(93,4)99(85-38-22-30-63-26-8-12-34-70(63)85)88-48-41-66(57-82(88)93)78-60-79(67-42-49-89-83(58-67)94(2)52-16-19-55-97(94,5)100(89)86-39-23-31-64-27-9-13-35-71(64)86)75-46-47-77-81(73-37-21-29-62-25-7-11-33-69(62)73)61-80(76-45-44-74(78)91(75)92(76)77)68-43-50-90-84(59-68)95(3)53-17-20-56-98(95,6)101(90)87-40-24-32-65-28-10-14-36-72(65)87/h7-14,21-50,57-61H,15-20,51-56H2,1-6H3. The second-order valence-corrected chi connectivity index (χ2v) is 32.7. The van der Waals surface area contributed by atoms with Crippen molar-refractivity contribution in [3.05, 3.63) is 278 Å². The molecular formula is C98H85N3. The molecule has 0 amide bonds. The topological polar surface area (TPSA) is 9.72 Å². The first kappa shape index (κ1) is 59.6. The number of anilines is 6. The quantitative estimate of drug-likeness (QED) is 0.147. The summed E-state index contributed by atoms with van der Waals surface area (Å²) in [5, 5.41) is 18.3. The molecule has 101 heavy (non-hydrogen) atoms. The van der Waals surface area contributed by atoms with E-state index < -0.39 is 0 Å². The number of benzene rings is 15. The summed E-state index contributed by atoms with van der Waals surface area (Å²) in [6, 6.07) is 103. The normalized spacial score (nSPS) is 24.4. The molecule has 6 atom stereocenters. The van der Waals surface area contributed by atoms with Gasteiger partial charge >= 0.3 is 0 Å². The number of rotatable bonds is 7. The van der Waals surface area contributed by atoms with E-state index in [4.69, 9.17) is 0 Å². The second-order valence-electron chi connectivity index (χ2n) is 32.7. The fraction of sp³-hybridized carbons (Fsp3) is 0.245. The van der Waals surface area contributed by atoms with Crippen molar-refractivity contribution < 1.29 is 0 Å². The van der Waals surface area contributed by atoms with Gasteiger partial charge in [0.25, 0.3) is 0 Å². The van der Waals surface area contributed by atoms with Crippen LogP contribution in [0.2, 0.25) is 0 Å². The summed E-state index contributed by atoms with van der Waals surface area (Å²) < 4.78 is 0. The van der Waals surface area contributed by atoms with E-state index in [-0.39, 0.29) is 32.9 Å². The van der Waals surface area contributed by atoms with E-state index in [1.807, 2.05) is 0 Å². The molecule has 15 aromatic rings. The van der Waals surface area contributed by atoms with Crippen LogP contribution in [0.3, 0.4) is 0 Å². The van der Waals surface area contributed by atoms with E-state index in [0.717, 1.165) is 38.5 Å². The Labute approximate surface area is 594 Å². The molecule has 0 saturated heterocycles. The Morgan fingerprint density at radius 2 is 0.505 bits per heavy atom. The van der Waals surface area contributed by atoms with Gasteiger partial charge in [-0.25, -0.2) is 0 Å². The number of nitrogens with zero attached hydrogens (tertiary/aromatic N) is 3. The smallest absolute Gasteiger partial charge is 0.0518 e. The summed E-state index contributed by atoms with van der Waals surface area (Å²) in [6.45, 7) is 15.6. The first-order valence-corrected chi connectivity index (χ1v) is 37.9. The third kappa shape index (κ3) is 7.85. The van der Waals surface area contributed by atoms with Crippen LogP contribution >= 0.6 is 0 Å². The Morgan fingerprint density at radius 1 is 0.218 bits per heavy atom. The van der Waals surface area contributed by atoms with Crippen LogP contribution in [0.15, 0.2) is 261 Å². The molecular weight excluding hydrogens is 1220 g/mol. The van der Waals surface area contributed by atoms with Gasteiger partial charge in [-0.05, 0) is 246 Å². The molecule has 0 radical (unpaired) electrons. The molecule has 6 unspecified atom stereocenters. The Balaban J connectivity index is 0.844. The molecule has 3 aliphatic heterocycles. The summed E-state index contributed by atoms with van der Waals surface area (Å²) in [6.07, 6.45) is 14.2. The average Bonchev–Trinajstić information content (AvgIpc) is 1.60. The maximum atomic E-state index is 2.79. The molecule has 15 aromatic carbocycles. The fourth-order valence-corrected chi connectivity index (χ4v) is 22.4. The second kappa shape index (κ2) is 21.2. The predicted octanol–water partition coefficient (Wildman–Crippen LogP) is 27.1. The van der Waals surface area contributed by atoms with Crippen molar-refractivity contribution in [3.63, 3.8) is 0 Å². The van der Waals surface area contributed by atoms with Gasteiger partial charge in [0.05, 0.1) is 16.6 Å². The monoisotopic (exact) mass is 1300 g/mol. The Bertz CT molecular complexity index is 5830. The van der Waals surface area contributed by atoms with Gasteiger partial charge in [-0.1, -0.05) is 253 Å². The minimum Gasteiger partial charge on any atom is -0.334 e. The molecule has 21 rings (SSSR count). The minimum absolute atomic E-state index is 0.0819. The molecule has 0 bridgehead atoms. The molecule has 0 spiro atoms. The molecule has 3 saturated carbocycles.